The SMILES string of the molecule is FC(F)(F)c1ccc(N(c2ccncc2)c2ccc(C(F)(F)F)cc2)cc1. The van der Waals surface area contributed by atoms with Crippen LogP contribution in [0.1, 0.15) is 11.1 Å². The quantitative estimate of drug-likeness (QED) is 0.475. The molecule has 0 aliphatic rings. The second-order valence-corrected chi connectivity index (χ2v) is 5.63. The monoisotopic (exact) mass is 382 g/mol. The smallest absolute Gasteiger partial charge is 0.310 e. The van der Waals surface area contributed by atoms with Crippen LogP contribution in [0.25, 0.3) is 0 Å². The van der Waals surface area contributed by atoms with Crippen LogP contribution in [0.5, 0.6) is 0 Å². The minimum Gasteiger partial charge on any atom is -0.310 e. The topological polar surface area (TPSA) is 16.1 Å². The molecule has 0 radical (unpaired) electrons. The van der Waals surface area contributed by atoms with E-state index in [0.29, 0.717) is 17.1 Å². The maximum Gasteiger partial charge on any atom is 0.416 e. The predicted molar refractivity (Wildman–Crippen MR) is 88.9 cm³/mol. The highest BCUT2D eigenvalue weighted by Crippen LogP contribution is 2.38. The number of hydrogen-bond donors (Lipinski definition) is 0. The summed E-state index contributed by atoms with van der Waals surface area (Å²) in [7, 11) is 0. The Hall–Kier alpha value is -3.03. The zero-order valence-corrected chi connectivity index (χ0v) is 13.6. The number of hydrogen-bond acceptors (Lipinski definition) is 2. The Bertz CT molecular complexity index is 827. The van der Waals surface area contributed by atoms with Gasteiger partial charge in [-0.15, -0.1) is 0 Å². The number of pyridine rings is 1. The summed E-state index contributed by atoms with van der Waals surface area (Å²) in [5, 5.41) is 0. The molecule has 0 aliphatic heterocycles. The Morgan fingerprint density at radius 1 is 0.519 bits per heavy atom. The van der Waals surface area contributed by atoms with Crippen molar-refractivity contribution in [2.75, 3.05) is 4.90 Å². The highest BCUT2D eigenvalue weighted by molar-refractivity contribution is 5.76. The van der Waals surface area contributed by atoms with Gasteiger partial charge in [0.1, 0.15) is 0 Å². The molecule has 0 saturated carbocycles. The van der Waals surface area contributed by atoms with Gasteiger partial charge in [-0.05, 0) is 60.7 Å². The van der Waals surface area contributed by atoms with Gasteiger partial charge in [0, 0.05) is 29.5 Å². The molecule has 3 rings (SSSR count). The van der Waals surface area contributed by atoms with E-state index in [9.17, 15) is 26.3 Å². The zero-order valence-electron chi connectivity index (χ0n) is 13.6. The molecule has 2 nitrogen and oxygen atoms in total. The Labute approximate surface area is 150 Å². The number of nitrogens with zero attached hydrogens (tertiary/aromatic N) is 2. The van der Waals surface area contributed by atoms with Crippen molar-refractivity contribution in [3.05, 3.63) is 84.2 Å². The maximum atomic E-state index is 12.8. The molecule has 2 aromatic carbocycles. The Balaban J connectivity index is 2.05. The van der Waals surface area contributed by atoms with Gasteiger partial charge in [-0.25, -0.2) is 0 Å². The average molecular weight is 382 g/mol. The standard InChI is InChI=1S/C19H12F6N2/c20-18(21,22)13-1-5-15(6-2-13)27(17-9-11-26-12-10-17)16-7-3-14(4-8-16)19(23,24)25/h1-12H. The van der Waals surface area contributed by atoms with Gasteiger partial charge >= 0.3 is 12.4 Å². The van der Waals surface area contributed by atoms with E-state index >= 15 is 0 Å². The van der Waals surface area contributed by atoms with Crippen molar-refractivity contribution in [1.82, 2.24) is 4.98 Å². The van der Waals surface area contributed by atoms with Crippen molar-refractivity contribution in [2.45, 2.75) is 12.4 Å². The van der Waals surface area contributed by atoms with Crippen LogP contribution in [-0.4, -0.2) is 4.98 Å². The normalized spacial score (nSPS) is 12.1. The molecule has 0 saturated heterocycles. The van der Waals surface area contributed by atoms with Crippen LogP contribution in [0, 0.1) is 0 Å². The lowest BCUT2D eigenvalue weighted by Gasteiger charge is -2.26. The summed E-state index contributed by atoms with van der Waals surface area (Å²) in [6.07, 6.45) is -5.99. The zero-order chi connectivity index (χ0) is 19.7. The van der Waals surface area contributed by atoms with Crippen LogP contribution in [0.15, 0.2) is 73.1 Å². The largest absolute Gasteiger partial charge is 0.416 e. The first-order chi connectivity index (χ1) is 12.7. The molecular weight excluding hydrogens is 370 g/mol. The summed E-state index contributed by atoms with van der Waals surface area (Å²) in [6, 6.07) is 12.0. The number of anilines is 3. The number of alkyl halides is 6. The lowest BCUT2D eigenvalue weighted by Crippen LogP contribution is -2.12. The number of benzene rings is 2. The van der Waals surface area contributed by atoms with E-state index in [1.54, 1.807) is 17.0 Å². The van der Waals surface area contributed by atoms with Crippen molar-refractivity contribution in [3.8, 4) is 0 Å². The highest BCUT2D eigenvalue weighted by Gasteiger charge is 2.31. The van der Waals surface area contributed by atoms with E-state index < -0.39 is 23.5 Å². The molecule has 0 N–H and O–H groups in total. The van der Waals surface area contributed by atoms with Crippen molar-refractivity contribution < 1.29 is 26.3 Å². The molecule has 0 fully saturated rings. The summed E-state index contributed by atoms with van der Waals surface area (Å²) in [4.78, 5) is 5.43. The highest BCUT2D eigenvalue weighted by atomic mass is 19.4. The molecule has 0 unspecified atom stereocenters. The minimum atomic E-state index is -4.48. The van der Waals surface area contributed by atoms with Gasteiger partial charge in [-0.2, -0.15) is 26.3 Å². The number of rotatable bonds is 3. The Morgan fingerprint density at radius 2 is 0.852 bits per heavy atom. The molecule has 8 heteroatoms. The first-order valence-corrected chi connectivity index (χ1v) is 7.71. The first kappa shape index (κ1) is 18.8. The van der Waals surface area contributed by atoms with Crippen LogP contribution in [-0.2, 0) is 12.4 Å². The second-order valence-electron chi connectivity index (χ2n) is 5.63. The molecule has 140 valence electrons. The molecule has 0 bridgehead atoms. The van der Waals surface area contributed by atoms with Crippen molar-refractivity contribution in [3.63, 3.8) is 0 Å². The van der Waals surface area contributed by atoms with E-state index in [1.807, 2.05) is 0 Å². The van der Waals surface area contributed by atoms with Crippen LogP contribution < -0.4 is 4.90 Å². The molecule has 0 aliphatic carbocycles. The minimum absolute atomic E-state index is 0.369. The summed E-state index contributed by atoms with van der Waals surface area (Å²) in [6.45, 7) is 0. The van der Waals surface area contributed by atoms with E-state index in [2.05, 4.69) is 4.98 Å². The molecule has 0 atom stereocenters. The van der Waals surface area contributed by atoms with E-state index in [1.165, 1.54) is 36.7 Å². The van der Waals surface area contributed by atoms with E-state index in [4.69, 9.17) is 0 Å². The molecule has 1 heterocycles. The first-order valence-electron chi connectivity index (χ1n) is 7.71. The van der Waals surface area contributed by atoms with Crippen LogP contribution in [0.4, 0.5) is 43.4 Å². The van der Waals surface area contributed by atoms with Gasteiger partial charge in [0.15, 0.2) is 0 Å². The number of aromatic nitrogens is 1. The fourth-order valence-electron chi connectivity index (χ4n) is 2.54. The predicted octanol–water partition coefficient (Wildman–Crippen LogP) is 6.59. The molecule has 0 amide bonds. The Kier molecular flexibility index (Phi) is 4.82. The molecule has 27 heavy (non-hydrogen) atoms. The van der Waals surface area contributed by atoms with Crippen molar-refractivity contribution in [2.24, 2.45) is 0 Å². The van der Waals surface area contributed by atoms with Crippen LogP contribution in [0.3, 0.4) is 0 Å². The lowest BCUT2D eigenvalue weighted by atomic mass is 10.1. The van der Waals surface area contributed by atoms with Crippen LogP contribution in [0.2, 0.25) is 0 Å². The molecule has 0 spiro atoms. The summed E-state index contributed by atoms with van der Waals surface area (Å²) in [5.74, 6) is 0. The summed E-state index contributed by atoms with van der Waals surface area (Å²) >= 11 is 0. The van der Waals surface area contributed by atoms with Gasteiger partial charge in [0.25, 0.3) is 0 Å². The van der Waals surface area contributed by atoms with Crippen molar-refractivity contribution >= 4 is 17.1 Å². The summed E-state index contributed by atoms with van der Waals surface area (Å²) < 4.78 is 76.8. The van der Waals surface area contributed by atoms with Gasteiger partial charge in [0.05, 0.1) is 11.1 Å². The maximum absolute atomic E-state index is 12.8. The third-order valence-electron chi connectivity index (χ3n) is 3.83. The fourth-order valence-corrected chi connectivity index (χ4v) is 2.54. The second kappa shape index (κ2) is 6.94. The van der Waals surface area contributed by atoms with Gasteiger partial charge in [-0.3, -0.25) is 4.98 Å². The van der Waals surface area contributed by atoms with E-state index in [-0.39, 0.29) is 0 Å². The third kappa shape index (κ3) is 4.21. The van der Waals surface area contributed by atoms with Crippen molar-refractivity contribution in [1.29, 1.82) is 0 Å². The van der Waals surface area contributed by atoms with Gasteiger partial charge in [-0.1, -0.05) is 0 Å². The van der Waals surface area contributed by atoms with Gasteiger partial charge in [0.2, 0.25) is 0 Å². The lowest BCUT2D eigenvalue weighted by molar-refractivity contribution is -0.138. The summed E-state index contributed by atoms with van der Waals surface area (Å²) in [5.41, 5.74) is -0.339. The number of halogens is 6. The average Bonchev–Trinajstić information content (AvgIpc) is 2.62. The third-order valence-corrected chi connectivity index (χ3v) is 3.83. The fraction of sp³-hybridized carbons (Fsp3) is 0.105. The Morgan fingerprint density at radius 3 is 1.19 bits per heavy atom. The van der Waals surface area contributed by atoms with Crippen LogP contribution >= 0.6 is 0 Å². The van der Waals surface area contributed by atoms with Gasteiger partial charge < -0.3 is 4.90 Å². The van der Waals surface area contributed by atoms with E-state index in [0.717, 1.165) is 24.3 Å². The molecular formula is C19H12F6N2. The molecule has 3 aromatic rings. The molecule has 1 aromatic heterocycles.